The van der Waals surface area contributed by atoms with E-state index >= 15 is 0 Å². The minimum absolute atomic E-state index is 0.0273. The van der Waals surface area contributed by atoms with Crippen LogP contribution in [-0.4, -0.2) is 26.0 Å². The van der Waals surface area contributed by atoms with Crippen LogP contribution >= 0.6 is 0 Å². The number of amides is 1. The molecule has 1 N–H and O–H groups in total. The zero-order valence-electron chi connectivity index (χ0n) is 10.8. The van der Waals surface area contributed by atoms with Crippen LogP contribution in [0.4, 0.5) is 10.1 Å². The molecule has 1 aromatic carbocycles. The first kappa shape index (κ1) is 13.0. The third-order valence-electron chi connectivity index (χ3n) is 3.63. The molecule has 2 rings (SSSR count). The summed E-state index contributed by atoms with van der Waals surface area (Å²) in [5.41, 5.74) is 0.616. The highest BCUT2D eigenvalue weighted by Gasteiger charge is 2.30. The molecule has 98 valence electrons. The van der Waals surface area contributed by atoms with Crippen LogP contribution in [0.1, 0.15) is 13.3 Å². The van der Waals surface area contributed by atoms with E-state index in [9.17, 15) is 9.18 Å². The van der Waals surface area contributed by atoms with Crippen molar-refractivity contribution in [3.8, 4) is 0 Å². The van der Waals surface area contributed by atoms with Crippen molar-refractivity contribution in [1.29, 1.82) is 0 Å². The molecular formula is C14H19FN2O. The number of halogens is 1. The van der Waals surface area contributed by atoms with Crippen LogP contribution in [0, 0.1) is 17.7 Å². The molecule has 0 saturated carbocycles. The molecule has 0 aromatic heterocycles. The average Bonchev–Trinajstić information content (AvgIpc) is 2.37. The monoisotopic (exact) mass is 250 g/mol. The van der Waals surface area contributed by atoms with E-state index in [-0.39, 0.29) is 17.6 Å². The summed E-state index contributed by atoms with van der Waals surface area (Å²) in [7, 11) is 1.71. The number of hydrogen-bond acceptors (Lipinski definition) is 2. The maximum absolute atomic E-state index is 13.2. The van der Waals surface area contributed by atoms with Gasteiger partial charge in [-0.2, -0.15) is 0 Å². The highest BCUT2D eigenvalue weighted by atomic mass is 19.1. The van der Waals surface area contributed by atoms with Gasteiger partial charge in [-0.1, -0.05) is 13.0 Å². The lowest BCUT2D eigenvalue weighted by Crippen LogP contribution is -2.44. The second kappa shape index (κ2) is 5.48. The van der Waals surface area contributed by atoms with Crippen molar-refractivity contribution in [2.24, 2.45) is 11.8 Å². The first-order valence-corrected chi connectivity index (χ1v) is 6.33. The van der Waals surface area contributed by atoms with Crippen LogP contribution in [-0.2, 0) is 4.79 Å². The van der Waals surface area contributed by atoms with Gasteiger partial charge in [-0.25, -0.2) is 4.39 Å². The van der Waals surface area contributed by atoms with E-state index in [1.54, 1.807) is 24.1 Å². The van der Waals surface area contributed by atoms with Gasteiger partial charge >= 0.3 is 0 Å². The Kier molecular flexibility index (Phi) is 3.97. The van der Waals surface area contributed by atoms with Crippen LogP contribution < -0.4 is 10.2 Å². The molecule has 2 atom stereocenters. The lowest BCUT2D eigenvalue weighted by molar-refractivity contribution is -0.124. The zero-order chi connectivity index (χ0) is 13.1. The van der Waals surface area contributed by atoms with E-state index in [1.165, 1.54) is 12.1 Å². The normalized spacial score (nSPS) is 23.7. The van der Waals surface area contributed by atoms with Gasteiger partial charge in [0, 0.05) is 18.7 Å². The zero-order valence-corrected chi connectivity index (χ0v) is 10.8. The number of piperidine rings is 1. The van der Waals surface area contributed by atoms with Gasteiger partial charge in [-0.3, -0.25) is 4.79 Å². The summed E-state index contributed by atoms with van der Waals surface area (Å²) < 4.78 is 13.2. The van der Waals surface area contributed by atoms with Gasteiger partial charge < -0.3 is 10.2 Å². The second-order valence-corrected chi connectivity index (χ2v) is 4.95. The Bertz CT molecular complexity index is 436. The van der Waals surface area contributed by atoms with E-state index in [2.05, 4.69) is 12.2 Å². The predicted molar refractivity (Wildman–Crippen MR) is 70.0 cm³/mol. The Labute approximate surface area is 107 Å². The summed E-state index contributed by atoms with van der Waals surface area (Å²) in [6.45, 7) is 3.82. The SMILES string of the molecule is CC1CNCCC1C(=O)N(C)c1cccc(F)c1. The summed E-state index contributed by atoms with van der Waals surface area (Å²) in [5.74, 6) is 0.113. The Morgan fingerprint density at radius 2 is 2.28 bits per heavy atom. The number of hydrogen-bond donors (Lipinski definition) is 1. The lowest BCUT2D eigenvalue weighted by atomic mass is 9.87. The Balaban J connectivity index is 2.13. The molecule has 1 fully saturated rings. The van der Waals surface area contributed by atoms with Crippen molar-refractivity contribution in [2.45, 2.75) is 13.3 Å². The molecule has 1 aliphatic heterocycles. The number of rotatable bonds is 2. The van der Waals surface area contributed by atoms with Gasteiger partial charge in [0.05, 0.1) is 0 Å². The van der Waals surface area contributed by atoms with Gasteiger partial charge in [0.25, 0.3) is 0 Å². The van der Waals surface area contributed by atoms with Crippen molar-refractivity contribution in [1.82, 2.24) is 5.32 Å². The standard InChI is InChI=1S/C14H19FN2O/c1-10-9-16-7-6-13(10)14(18)17(2)12-5-3-4-11(15)8-12/h3-5,8,10,13,16H,6-7,9H2,1-2H3. The summed E-state index contributed by atoms with van der Waals surface area (Å²) in [5, 5.41) is 3.28. The molecule has 1 amide bonds. The highest BCUT2D eigenvalue weighted by molar-refractivity contribution is 5.94. The second-order valence-electron chi connectivity index (χ2n) is 4.95. The van der Waals surface area contributed by atoms with E-state index in [0.717, 1.165) is 19.5 Å². The molecule has 1 aromatic rings. The van der Waals surface area contributed by atoms with Crippen molar-refractivity contribution in [3.05, 3.63) is 30.1 Å². The van der Waals surface area contributed by atoms with Gasteiger partial charge in [0.1, 0.15) is 5.82 Å². The topological polar surface area (TPSA) is 32.3 Å². The molecular weight excluding hydrogens is 231 g/mol. The third kappa shape index (κ3) is 2.70. The average molecular weight is 250 g/mol. The molecule has 0 bridgehead atoms. The van der Waals surface area contributed by atoms with Crippen LogP contribution in [0.3, 0.4) is 0 Å². The fourth-order valence-electron chi connectivity index (χ4n) is 2.44. The predicted octanol–water partition coefficient (Wildman–Crippen LogP) is 2.03. The van der Waals surface area contributed by atoms with Crippen LogP contribution in [0.2, 0.25) is 0 Å². The third-order valence-corrected chi connectivity index (χ3v) is 3.63. The summed E-state index contributed by atoms with van der Waals surface area (Å²) >= 11 is 0. The van der Waals surface area contributed by atoms with E-state index < -0.39 is 0 Å². The van der Waals surface area contributed by atoms with Gasteiger partial charge in [-0.05, 0) is 43.6 Å². The summed E-state index contributed by atoms with van der Waals surface area (Å²) in [6, 6.07) is 6.16. The Hall–Kier alpha value is -1.42. The van der Waals surface area contributed by atoms with Gasteiger partial charge in [-0.15, -0.1) is 0 Å². The van der Waals surface area contributed by atoms with Crippen molar-refractivity contribution >= 4 is 11.6 Å². The van der Waals surface area contributed by atoms with Crippen molar-refractivity contribution in [3.63, 3.8) is 0 Å². The maximum Gasteiger partial charge on any atom is 0.230 e. The smallest absolute Gasteiger partial charge is 0.230 e. The Morgan fingerprint density at radius 3 is 2.94 bits per heavy atom. The molecule has 0 spiro atoms. The highest BCUT2D eigenvalue weighted by Crippen LogP contribution is 2.24. The number of nitrogens with zero attached hydrogens (tertiary/aromatic N) is 1. The molecule has 1 aliphatic rings. The first-order chi connectivity index (χ1) is 8.59. The molecule has 4 heteroatoms. The number of carbonyl (C=O) groups excluding carboxylic acids is 1. The minimum atomic E-state index is -0.314. The number of benzene rings is 1. The minimum Gasteiger partial charge on any atom is -0.316 e. The van der Waals surface area contributed by atoms with Crippen molar-refractivity contribution in [2.75, 3.05) is 25.0 Å². The van der Waals surface area contributed by atoms with E-state index in [4.69, 9.17) is 0 Å². The van der Waals surface area contributed by atoms with Crippen LogP contribution in [0.25, 0.3) is 0 Å². The fourth-order valence-corrected chi connectivity index (χ4v) is 2.44. The number of carbonyl (C=O) groups is 1. The molecule has 1 saturated heterocycles. The molecule has 2 unspecified atom stereocenters. The fraction of sp³-hybridized carbons (Fsp3) is 0.500. The van der Waals surface area contributed by atoms with E-state index in [0.29, 0.717) is 11.6 Å². The maximum atomic E-state index is 13.2. The largest absolute Gasteiger partial charge is 0.316 e. The molecule has 1 heterocycles. The van der Waals surface area contributed by atoms with Crippen LogP contribution in [0.15, 0.2) is 24.3 Å². The van der Waals surface area contributed by atoms with Crippen molar-refractivity contribution < 1.29 is 9.18 Å². The van der Waals surface area contributed by atoms with Crippen LogP contribution in [0.5, 0.6) is 0 Å². The molecule has 0 radical (unpaired) electrons. The quantitative estimate of drug-likeness (QED) is 0.871. The summed E-state index contributed by atoms with van der Waals surface area (Å²) in [4.78, 5) is 14.0. The molecule has 3 nitrogen and oxygen atoms in total. The van der Waals surface area contributed by atoms with E-state index in [1.807, 2.05) is 0 Å². The van der Waals surface area contributed by atoms with Gasteiger partial charge in [0.15, 0.2) is 0 Å². The van der Waals surface area contributed by atoms with Gasteiger partial charge in [0.2, 0.25) is 5.91 Å². The molecule has 18 heavy (non-hydrogen) atoms. The lowest BCUT2D eigenvalue weighted by Gasteiger charge is -2.31. The first-order valence-electron chi connectivity index (χ1n) is 6.33. The summed E-state index contributed by atoms with van der Waals surface area (Å²) in [6.07, 6.45) is 0.847. The Morgan fingerprint density at radius 1 is 1.50 bits per heavy atom. The molecule has 0 aliphatic carbocycles. The number of nitrogens with one attached hydrogen (secondary N) is 1. The number of anilines is 1.